The Morgan fingerprint density at radius 2 is 0.958 bits per heavy atom. The highest BCUT2D eigenvalue weighted by atomic mass is 16.5. The van der Waals surface area contributed by atoms with Gasteiger partial charge in [0, 0.05) is 0 Å². The number of esters is 2. The molecule has 2 atom stereocenters. The van der Waals surface area contributed by atoms with Crippen LogP contribution in [-0.4, -0.2) is 26.2 Å². The van der Waals surface area contributed by atoms with E-state index in [1.165, 1.54) is 14.2 Å². The Kier molecular flexibility index (Phi) is 5.74. The van der Waals surface area contributed by atoms with Gasteiger partial charge in [-0.1, -0.05) is 48.5 Å². The van der Waals surface area contributed by atoms with Crippen molar-refractivity contribution in [2.45, 2.75) is 25.7 Å². The van der Waals surface area contributed by atoms with Crippen molar-refractivity contribution in [2.24, 2.45) is 0 Å². The second-order valence-corrected chi connectivity index (χ2v) is 5.73. The van der Waals surface area contributed by atoms with Crippen molar-refractivity contribution in [3.63, 3.8) is 0 Å². The summed E-state index contributed by atoms with van der Waals surface area (Å²) >= 11 is 0. The maximum Gasteiger partial charge on any atom is 0.312 e. The van der Waals surface area contributed by atoms with E-state index in [4.69, 9.17) is 9.47 Å². The number of methoxy groups -OCH3 is 2. The molecule has 0 aliphatic heterocycles. The minimum absolute atomic E-state index is 0.246. The summed E-state index contributed by atoms with van der Waals surface area (Å²) in [4.78, 5) is 23.2. The lowest BCUT2D eigenvalue weighted by atomic mass is 9.95. The first kappa shape index (κ1) is 17.7. The van der Waals surface area contributed by atoms with Gasteiger partial charge >= 0.3 is 11.9 Å². The SMILES string of the molecule is COC(=O)C(C)c1ccc(-c2ccc(C(C)C(=O)OC)cc2)cc1. The summed E-state index contributed by atoms with van der Waals surface area (Å²) in [6.07, 6.45) is 0. The van der Waals surface area contributed by atoms with Crippen LogP contribution in [0.5, 0.6) is 0 Å². The van der Waals surface area contributed by atoms with Gasteiger partial charge in [-0.2, -0.15) is 0 Å². The quantitative estimate of drug-likeness (QED) is 0.782. The second kappa shape index (κ2) is 7.77. The van der Waals surface area contributed by atoms with Crippen LogP contribution in [0, 0.1) is 0 Å². The number of ether oxygens (including phenoxy) is 2. The van der Waals surface area contributed by atoms with Crippen LogP contribution in [-0.2, 0) is 19.1 Å². The fourth-order valence-electron chi connectivity index (χ4n) is 2.55. The summed E-state index contributed by atoms with van der Waals surface area (Å²) in [7, 11) is 2.79. The maximum atomic E-state index is 11.6. The first-order valence-electron chi connectivity index (χ1n) is 7.84. The van der Waals surface area contributed by atoms with Crippen LogP contribution in [0.3, 0.4) is 0 Å². The first-order valence-corrected chi connectivity index (χ1v) is 7.84. The highest BCUT2D eigenvalue weighted by Gasteiger charge is 2.16. The van der Waals surface area contributed by atoms with Crippen LogP contribution >= 0.6 is 0 Å². The average Bonchev–Trinajstić information content (AvgIpc) is 2.65. The van der Waals surface area contributed by atoms with E-state index < -0.39 is 0 Å². The molecule has 0 amide bonds. The van der Waals surface area contributed by atoms with Gasteiger partial charge in [0.2, 0.25) is 0 Å². The molecule has 2 aromatic rings. The monoisotopic (exact) mass is 326 g/mol. The van der Waals surface area contributed by atoms with Crippen molar-refractivity contribution in [2.75, 3.05) is 14.2 Å². The molecule has 2 rings (SSSR count). The highest BCUT2D eigenvalue weighted by molar-refractivity contribution is 5.79. The third-order valence-electron chi connectivity index (χ3n) is 4.26. The van der Waals surface area contributed by atoms with Crippen LogP contribution in [0.25, 0.3) is 11.1 Å². The molecule has 0 spiro atoms. The van der Waals surface area contributed by atoms with Crippen LogP contribution < -0.4 is 0 Å². The lowest BCUT2D eigenvalue weighted by Crippen LogP contribution is -2.10. The molecule has 126 valence electrons. The van der Waals surface area contributed by atoms with Gasteiger partial charge < -0.3 is 9.47 Å². The number of hydrogen-bond acceptors (Lipinski definition) is 4. The number of carbonyl (C=O) groups is 2. The average molecular weight is 326 g/mol. The Hall–Kier alpha value is -2.62. The molecule has 4 heteroatoms. The van der Waals surface area contributed by atoms with Gasteiger partial charge in [-0.05, 0) is 36.1 Å². The molecule has 0 N–H and O–H groups in total. The molecular weight excluding hydrogens is 304 g/mol. The number of carbonyl (C=O) groups excluding carboxylic acids is 2. The van der Waals surface area contributed by atoms with Gasteiger partial charge in [0.05, 0.1) is 26.1 Å². The normalized spacial score (nSPS) is 13.0. The Morgan fingerprint density at radius 3 is 1.21 bits per heavy atom. The largest absolute Gasteiger partial charge is 0.469 e. The molecule has 0 heterocycles. The van der Waals surface area contributed by atoms with E-state index in [0.29, 0.717) is 0 Å². The van der Waals surface area contributed by atoms with Crippen molar-refractivity contribution >= 4 is 11.9 Å². The van der Waals surface area contributed by atoms with Crippen molar-refractivity contribution in [1.82, 2.24) is 0 Å². The zero-order valence-electron chi connectivity index (χ0n) is 14.4. The van der Waals surface area contributed by atoms with E-state index in [9.17, 15) is 9.59 Å². The Labute approximate surface area is 142 Å². The molecule has 4 nitrogen and oxygen atoms in total. The zero-order chi connectivity index (χ0) is 17.7. The fraction of sp³-hybridized carbons (Fsp3) is 0.300. The van der Waals surface area contributed by atoms with Gasteiger partial charge in [0.25, 0.3) is 0 Å². The third kappa shape index (κ3) is 3.82. The third-order valence-corrected chi connectivity index (χ3v) is 4.26. The van der Waals surface area contributed by atoms with Crippen molar-refractivity contribution in [3.05, 3.63) is 59.7 Å². The van der Waals surface area contributed by atoms with Gasteiger partial charge in [0.15, 0.2) is 0 Å². The Morgan fingerprint density at radius 1 is 0.667 bits per heavy atom. The van der Waals surface area contributed by atoms with Crippen molar-refractivity contribution in [3.8, 4) is 11.1 Å². The molecule has 0 aliphatic rings. The highest BCUT2D eigenvalue weighted by Crippen LogP contribution is 2.25. The molecule has 2 unspecified atom stereocenters. The van der Waals surface area contributed by atoms with Crippen LogP contribution in [0.1, 0.15) is 36.8 Å². The van der Waals surface area contributed by atoms with Crippen LogP contribution in [0.2, 0.25) is 0 Å². The van der Waals surface area contributed by atoms with Gasteiger partial charge in [-0.25, -0.2) is 0 Å². The summed E-state index contributed by atoms with van der Waals surface area (Å²) in [5.74, 6) is -1.06. The lowest BCUT2D eigenvalue weighted by Gasteiger charge is -2.12. The summed E-state index contributed by atoms with van der Waals surface area (Å²) in [5, 5.41) is 0. The summed E-state index contributed by atoms with van der Waals surface area (Å²) in [6, 6.07) is 15.6. The lowest BCUT2D eigenvalue weighted by molar-refractivity contribution is -0.142. The summed E-state index contributed by atoms with van der Waals surface area (Å²) in [5.41, 5.74) is 3.93. The van der Waals surface area contributed by atoms with Crippen molar-refractivity contribution < 1.29 is 19.1 Å². The topological polar surface area (TPSA) is 52.6 Å². The molecule has 0 aliphatic carbocycles. The molecule has 0 saturated heterocycles. The van der Waals surface area contributed by atoms with E-state index in [1.54, 1.807) is 0 Å². The van der Waals surface area contributed by atoms with Crippen LogP contribution in [0.4, 0.5) is 0 Å². The summed E-state index contributed by atoms with van der Waals surface area (Å²) in [6.45, 7) is 3.65. The minimum Gasteiger partial charge on any atom is -0.469 e. The number of benzene rings is 2. The first-order chi connectivity index (χ1) is 11.5. The predicted molar refractivity (Wildman–Crippen MR) is 92.7 cm³/mol. The van der Waals surface area contributed by atoms with Gasteiger partial charge in [-0.3, -0.25) is 9.59 Å². The molecule has 24 heavy (non-hydrogen) atoms. The maximum absolute atomic E-state index is 11.6. The van der Waals surface area contributed by atoms with E-state index in [2.05, 4.69) is 0 Å². The molecule has 0 bridgehead atoms. The Balaban J connectivity index is 2.17. The smallest absolute Gasteiger partial charge is 0.312 e. The Bertz CT molecular complexity index is 638. The number of rotatable bonds is 5. The second-order valence-electron chi connectivity index (χ2n) is 5.73. The van der Waals surface area contributed by atoms with Gasteiger partial charge in [0.1, 0.15) is 0 Å². The fourth-order valence-corrected chi connectivity index (χ4v) is 2.55. The van der Waals surface area contributed by atoms with E-state index in [0.717, 1.165) is 22.3 Å². The molecular formula is C20H22O4. The molecule has 2 aromatic carbocycles. The predicted octanol–water partition coefficient (Wildman–Crippen LogP) is 3.91. The van der Waals surface area contributed by atoms with Gasteiger partial charge in [-0.15, -0.1) is 0 Å². The van der Waals surface area contributed by atoms with E-state index in [1.807, 2.05) is 62.4 Å². The van der Waals surface area contributed by atoms with Crippen LogP contribution in [0.15, 0.2) is 48.5 Å². The zero-order valence-corrected chi connectivity index (χ0v) is 14.4. The van der Waals surface area contributed by atoms with E-state index >= 15 is 0 Å². The molecule has 0 radical (unpaired) electrons. The number of hydrogen-bond donors (Lipinski definition) is 0. The van der Waals surface area contributed by atoms with E-state index in [-0.39, 0.29) is 23.8 Å². The standard InChI is InChI=1S/C20H22O4/c1-13(19(21)23-3)15-5-9-17(10-6-15)18-11-7-16(8-12-18)14(2)20(22)24-4/h5-14H,1-4H3. The van der Waals surface area contributed by atoms with Crippen molar-refractivity contribution in [1.29, 1.82) is 0 Å². The summed E-state index contributed by atoms with van der Waals surface area (Å²) < 4.78 is 9.54. The molecule has 0 fully saturated rings. The molecule has 0 aromatic heterocycles. The minimum atomic E-state index is -0.285. The molecule has 0 saturated carbocycles.